The second-order valence-corrected chi connectivity index (χ2v) is 4.49. The summed E-state index contributed by atoms with van der Waals surface area (Å²) in [6.07, 6.45) is 1.20. The molecule has 0 fully saturated rings. The molecule has 2 heterocycles. The van der Waals surface area contributed by atoms with Gasteiger partial charge in [-0.15, -0.1) is 0 Å². The fourth-order valence-electron chi connectivity index (χ4n) is 2.01. The lowest BCUT2D eigenvalue weighted by Gasteiger charge is -1.93. The first-order valence-corrected chi connectivity index (χ1v) is 6.32. The first-order valence-electron chi connectivity index (χ1n) is 6.32. The number of oxazole rings is 1. The third-order valence-corrected chi connectivity index (χ3v) is 3.05. The largest absolute Gasteiger partial charge is 0.458 e. The Morgan fingerprint density at radius 3 is 2.60 bits per heavy atom. The standard InChI is InChI=1S/C16H13NO3/c1-11-15(9-13-7-8-14(10-18)20-13)17-16(19-11)12-5-3-2-4-6-12/h2-8,10H,9H2,1H3. The molecule has 0 aliphatic carbocycles. The number of furan rings is 1. The fourth-order valence-corrected chi connectivity index (χ4v) is 2.01. The number of aldehydes is 1. The Morgan fingerprint density at radius 1 is 1.10 bits per heavy atom. The van der Waals surface area contributed by atoms with Gasteiger partial charge in [0, 0.05) is 5.56 Å². The van der Waals surface area contributed by atoms with Crippen LogP contribution in [0.5, 0.6) is 0 Å². The maximum absolute atomic E-state index is 10.6. The highest BCUT2D eigenvalue weighted by Crippen LogP contribution is 2.23. The van der Waals surface area contributed by atoms with E-state index < -0.39 is 0 Å². The van der Waals surface area contributed by atoms with Crippen LogP contribution in [0.2, 0.25) is 0 Å². The van der Waals surface area contributed by atoms with Crippen molar-refractivity contribution in [2.45, 2.75) is 13.3 Å². The molecule has 0 saturated heterocycles. The van der Waals surface area contributed by atoms with Gasteiger partial charge in [0.05, 0.1) is 12.1 Å². The van der Waals surface area contributed by atoms with E-state index in [2.05, 4.69) is 4.98 Å². The second-order valence-electron chi connectivity index (χ2n) is 4.49. The highest BCUT2D eigenvalue weighted by atomic mass is 16.4. The van der Waals surface area contributed by atoms with Crippen molar-refractivity contribution >= 4 is 6.29 Å². The number of aromatic nitrogens is 1. The molecule has 100 valence electrons. The van der Waals surface area contributed by atoms with E-state index in [4.69, 9.17) is 8.83 Å². The zero-order valence-corrected chi connectivity index (χ0v) is 11.0. The quantitative estimate of drug-likeness (QED) is 0.677. The molecule has 0 unspecified atom stereocenters. The Morgan fingerprint density at radius 2 is 1.90 bits per heavy atom. The normalized spacial score (nSPS) is 10.7. The fraction of sp³-hybridized carbons (Fsp3) is 0.125. The molecular formula is C16H13NO3. The number of carbonyl (C=O) groups excluding carboxylic acids is 1. The smallest absolute Gasteiger partial charge is 0.226 e. The molecule has 4 heteroatoms. The van der Waals surface area contributed by atoms with Gasteiger partial charge in [0.1, 0.15) is 11.5 Å². The van der Waals surface area contributed by atoms with Gasteiger partial charge in [-0.05, 0) is 31.2 Å². The summed E-state index contributed by atoms with van der Waals surface area (Å²) in [5.41, 5.74) is 1.76. The second kappa shape index (κ2) is 5.17. The predicted octanol–water partition coefficient (Wildman–Crippen LogP) is 3.65. The first kappa shape index (κ1) is 12.4. The average Bonchev–Trinajstić information content (AvgIpc) is 3.08. The van der Waals surface area contributed by atoms with Gasteiger partial charge >= 0.3 is 0 Å². The van der Waals surface area contributed by atoms with Crippen LogP contribution in [0.1, 0.15) is 27.8 Å². The van der Waals surface area contributed by atoms with Crippen molar-refractivity contribution in [2.24, 2.45) is 0 Å². The Hall–Kier alpha value is -2.62. The van der Waals surface area contributed by atoms with E-state index in [0.717, 1.165) is 17.0 Å². The molecule has 3 rings (SSSR count). The number of benzene rings is 1. The van der Waals surface area contributed by atoms with Crippen molar-refractivity contribution in [3.05, 3.63) is 65.4 Å². The van der Waals surface area contributed by atoms with E-state index in [0.29, 0.717) is 30.1 Å². The molecule has 0 radical (unpaired) electrons. The maximum Gasteiger partial charge on any atom is 0.226 e. The summed E-state index contributed by atoms with van der Waals surface area (Å²) in [7, 11) is 0. The predicted molar refractivity (Wildman–Crippen MR) is 73.6 cm³/mol. The van der Waals surface area contributed by atoms with Gasteiger partial charge in [-0.25, -0.2) is 4.98 Å². The van der Waals surface area contributed by atoms with Crippen molar-refractivity contribution in [1.82, 2.24) is 4.98 Å². The van der Waals surface area contributed by atoms with Crippen LogP contribution >= 0.6 is 0 Å². The zero-order chi connectivity index (χ0) is 13.9. The van der Waals surface area contributed by atoms with Crippen LogP contribution in [0.3, 0.4) is 0 Å². The summed E-state index contributed by atoms with van der Waals surface area (Å²) in [5.74, 6) is 2.38. The molecular weight excluding hydrogens is 254 g/mol. The lowest BCUT2D eigenvalue weighted by Crippen LogP contribution is -1.89. The van der Waals surface area contributed by atoms with Crippen molar-refractivity contribution in [3.8, 4) is 11.5 Å². The van der Waals surface area contributed by atoms with Crippen LogP contribution in [-0.2, 0) is 6.42 Å². The molecule has 0 amide bonds. The molecule has 0 saturated carbocycles. The number of aryl methyl sites for hydroxylation is 1. The molecule has 20 heavy (non-hydrogen) atoms. The molecule has 0 atom stereocenters. The minimum absolute atomic E-state index is 0.324. The van der Waals surface area contributed by atoms with E-state index in [-0.39, 0.29) is 0 Å². The molecule has 0 aliphatic rings. The summed E-state index contributed by atoms with van der Waals surface area (Å²) >= 11 is 0. The van der Waals surface area contributed by atoms with Gasteiger partial charge in [0.15, 0.2) is 12.0 Å². The number of carbonyl (C=O) groups is 1. The zero-order valence-electron chi connectivity index (χ0n) is 11.0. The van der Waals surface area contributed by atoms with Crippen LogP contribution in [0, 0.1) is 6.92 Å². The van der Waals surface area contributed by atoms with E-state index >= 15 is 0 Å². The van der Waals surface area contributed by atoms with Crippen LogP contribution in [-0.4, -0.2) is 11.3 Å². The van der Waals surface area contributed by atoms with Gasteiger partial charge in [-0.2, -0.15) is 0 Å². The molecule has 1 aromatic carbocycles. The number of nitrogens with zero attached hydrogens (tertiary/aromatic N) is 1. The Balaban J connectivity index is 1.87. The molecule has 0 bridgehead atoms. The maximum atomic E-state index is 10.6. The lowest BCUT2D eigenvalue weighted by atomic mass is 10.2. The summed E-state index contributed by atoms with van der Waals surface area (Å²) in [6.45, 7) is 1.87. The Labute approximate surface area is 116 Å². The Bertz CT molecular complexity index is 725. The van der Waals surface area contributed by atoms with E-state index in [1.54, 1.807) is 12.1 Å². The highest BCUT2D eigenvalue weighted by Gasteiger charge is 2.13. The van der Waals surface area contributed by atoms with Crippen molar-refractivity contribution in [1.29, 1.82) is 0 Å². The molecule has 0 spiro atoms. The third kappa shape index (κ3) is 2.40. The van der Waals surface area contributed by atoms with E-state index in [9.17, 15) is 4.79 Å². The topological polar surface area (TPSA) is 56.2 Å². The van der Waals surface area contributed by atoms with Crippen LogP contribution in [0.25, 0.3) is 11.5 Å². The molecule has 0 N–H and O–H groups in total. The van der Waals surface area contributed by atoms with E-state index in [1.165, 1.54) is 0 Å². The molecule has 0 aliphatic heterocycles. The van der Waals surface area contributed by atoms with Gasteiger partial charge in [-0.1, -0.05) is 18.2 Å². The molecule has 2 aromatic heterocycles. The van der Waals surface area contributed by atoms with Gasteiger partial charge in [0.25, 0.3) is 0 Å². The average molecular weight is 267 g/mol. The summed E-state index contributed by atoms with van der Waals surface area (Å²) in [5, 5.41) is 0. The number of hydrogen-bond donors (Lipinski definition) is 0. The number of hydrogen-bond acceptors (Lipinski definition) is 4. The minimum atomic E-state index is 0.324. The van der Waals surface area contributed by atoms with Crippen molar-refractivity contribution < 1.29 is 13.6 Å². The Kier molecular flexibility index (Phi) is 3.21. The molecule has 3 aromatic rings. The van der Waals surface area contributed by atoms with Crippen LogP contribution < -0.4 is 0 Å². The van der Waals surface area contributed by atoms with Gasteiger partial charge in [0.2, 0.25) is 5.89 Å². The van der Waals surface area contributed by atoms with Crippen molar-refractivity contribution in [2.75, 3.05) is 0 Å². The third-order valence-electron chi connectivity index (χ3n) is 3.05. The number of rotatable bonds is 4. The van der Waals surface area contributed by atoms with Gasteiger partial charge < -0.3 is 8.83 Å². The minimum Gasteiger partial charge on any atom is -0.458 e. The van der Waals surface area contributed by atoms with E-state index in [1.807, 2.05) is 37.3 Å². The van der Waals surface area contributed by atoms with Crippen LogP contribution in [0.4, 0.5) is 0 Å². The van der Waals surface area contributed by atoms with Crippen LogP contribution in [0.15, 0.2) is 51.3 Å². The summed E-state index contributed by atoms with van der Waals surface area (Å²) in [4.78, 5) is 15.1. The monoisotopic (exact) mass is 267 g/mol. The highest BCUT2D eigenvalue weighted by molar-refractivity contribution is 5.70. The first-order chi connectivity index (χ1) is 9.76. The summed E-state index contributed by atoms with van der Waals surface area (Å²) < 4.78 is 11.0. The van der Waals surface area contributed by atoms with Crippen molar-refractivity contribution in [3.63, 3.8) is 0 Å². The SMILES string of the molecule is Cc1oc(-c2ccccc2)nc1Cc1ccc(C=O)o1. The lowest BCUT2D eigenvalue weighted by molar-refractivity contribution is 0.109. The summed E-state index contributed by atoms with van der Waals surface area (Å²) in [6, 6.07) is 13.2. The molecule has 4 nitrogen and oxygen atoms in total. The van der Waals surface area contributed by atoms with Gasteiger partial charge in [-0.3, -0.25) is 4.79 Å².